The molecule has 0 radical (unpaired) electrons. The third-order valence-electron chi connectivity index (χ3n) is 2.44. The Morgan fingerprint density at radius 1 is 1.24 bits per heavy atom. The van der Waals surface area contributed by atoms with Gasteiger partial charge < -0.3 is 10.2 Å². The summed E-state index contributed by atoms with van der Waals surface area (Å²) in [6.07, 6.45) is 4.38. The molecule has 17 heavy (non-hydrogen) atoms. The standard InChI is InChI=1S/C11H24O5S/c1-3-4-5-6-7-11(8-10(13)9-12)16-17(2,14)15/h10-13H,3-9H2,1-2H3. The zero-order valence-electron chi connectivity index (χ0n) is 10.6. The van der Waals surface area contributed by atoms with Gasteiger partial charge in [0.2, 0.25) is 0 Å². The van der Waals surface area contributed by atoms with E-state index in [0.29, 0.717) is 6.42 Å². The smallest absolute Gasteiger partial charge is 0.264 e. The molecule has 5 nitrogen and oxygen atoms in total. The van der Waals surface area contributed by atoms with Crippen molar-refractivity contribution >= 4 is 10.1 Å². The maximum atomic E-state index is 11.0. The molecule has 0 rings (SSSR count). The lowest BCUT2D eigenvalue weighted by Gasteiger charge is -2.18. The fourth-order valence-electron chi connectivity index (χ4n) is 1.63. The third-order valence-corrected chi connectivity index (χ3v) is 3.06. The summed E-state index contributed by atoms with van der Waals surface area (Å²) in [7, 11) is -3.51. The van der Waals surface area contributed by atoms with E-state index in [1.54, 1.807) is 0 Å². The summed E-state index contributed by atoms with van der Waals surface area (Å²) in [4.78, 5) is 0. The van der Waals surface area contributed by atoms with Crippen LogP contribution in [0.4, 0.5) is 0 Å². The van der Waals surface area contributed by atoms with Gasteiger partial charge in [-0.2, -0.15) is 8.42 Å². The van der Waals surface area contributed by atoms with Crippen LogP contribution in [-0.4, -0.2) is 43.7 Å². The summed E-state index contributed by atoms with van der Waals surface area (Å²) >= 11 is 0. The van der Waals surface area contributed by atoms with Crippen molar-refractivity contribution in [1.82, 2.24) is 0 Å². The maximum Gasteiger partial charge on any atom is 0.264 e. The predicted molar refractivity (Wildman–Crippen MR) is 66.2 cm³/mol. The second-order valence-corrected chi connectivity index (χ2v) is 5.94. The lowest BCUT2D eigenvalue weighted by molar-refractivity contribution is 0.0492. The van der Waals surface area contributed by atoms with Crippen molar-refractivity contribution in [2.45, 2.75) is 57.7 Å². The summed E-state index contributed by atoms with van der Waals surface area (Å²) in [6, 6.07) is 0. The second kappa shape index (κ2) is 8.85. The molecule has 0 saturated heterocycles. The molecule has 0 aliphatic carbocycles. The zero-order valence-corrected chi connectivity index (χ0v) is 11.4. The number of hydrogen-bond donors (Lipinski definition) is 2. The van der Waals surface area contributed by atoms with Crippen LogP contribution < -0.4 is 0 Å². The van der Waals surface area contributed by atoms with Gasteiger partial charge in [-0.3, -0.25) is 4.18 Å². The van der Waals surface area contributed by atoms with Gasteiger partial charge in [0.05, 0.1) is 25.1 Å². The van der Waals surface area contributed by atoms with E-state index >= 15 is 0 Å². The Kier molecular flexibility index (Phi) is 8.77. The Morgan fingerprint density at radius 3 is 2.35 bits per heavy atom. The van der Waals surface area contributed by atoms with Crippen LogP contribution in [0.2, 0.25) is 0 Å². The van der Waals surface area contributed by atoms with Crippen LogP contribution in [-0.2, 0) is 14.3 Å². The molecule has 0 aliphatic rings. The number of aliphatic hydroxyl groups is 2. The van der Waals surface area contributed by atoms with Crippen LogP contribution in [0.15, 0.2) is 0 Å². The molecule has 2 N–H and O–H groups in total. The molecule has 0 bridgehead atoms. The van der Waals surface area contributed by atoms with Gasteiger partial charge in [0.1, 0.15) is 0 Å². The fourth-order valence-corrected chi connectivity index (χ4v) is 2.30. The number of hydrogen-bond acceptors (Lipinski definition) is 5. The summed E-state index contributed by atoms with van der Waals surface area (Å²) in [5, 5.41) is 18.0. The van der Waals surface area contributed by atoms with Gasteiger partial charge in [0, 0.05) is 6.42 Å². The normalized spacial score (nSPS) is 15.8. The Hall–Kier alpha value is -0.170. The first-order valence-electron chi connectivity index (χ1n) is 6.06. The van der Waals surface area contributed by atoms with E-state index in [9.17, 15) is 13.5 Å². The molecule has 0 aliphatic heterocycles. The number of aliphatic hydroxyl groups excluding tert-OH is 2. The number of unbranched alkanes of at least 4 members (excludes halogenated alkanes) is 3. The highest BCUT2D eigenvalue weighted by Crippen LogP contribution is 2.15. The fraction of sp³-hybridized carbons (Fsp3) is 1.00. The van der Waals surface area contributed by atoms with E-state index in [4.69, 9.17) is 9.29 Å². The average molecular weight is 268 g/mol. The van der Waals surface area contributed by atoms with Crippen LogP contribution in [0.25, 0.3) is 0 Å². The van der Waals surface area contributed by atoms with Crippen LogP contribution in [0, 0.1) is 0 Å². The predicted octanol–water partition coefficient (Wildman–Crippen LogP) is 1.04. The lowest BCUT2D eigenvalue weighted by atomic mass is 10.0. The van der Waals surface area contributed by atoms with E-state index in [2.05, 4.69) is 6.92 Å². The quantitative estimate of drug-likeness (QED) is 0.457. The van der Waals surface area contributed by atoms with Crippen molar-refractivity contribution in [2.75, 3.05) is 12.9 Å². The van der Waals surface area contributed by atoms with Crippen molar-refractivity contribution in [3.63, 3.8) is 0 Å². The van der Waals surface area contributed by atoms with Crippen LogP contribution in [0.5, 0.6) is 0 Å². The summed E-state index contributed by atoms with van der Waals surface area (Å²) in [5.41, 5.74) is 0. The summed E-state index contributed by atoms with van der Waals surface area (Å²) in [5.74, 6) is 0. The SMILES string of the molecule is CCCCCCC(CC(O)CO)OS(C)(=O)=O. The average Bonchev–Trinajstić information content (AvgIpc) is 2.21. The first-order valence-corrected chi connectivity index (χ1v) is 7.87. The van der Waals surface area contributed by atoms with E-state index in [1.807, 2.05) is 0 Å². The molecule has 0 fully saturated rings. The maximum absolute atomic E-state index is 11.0. The largest absolute Gasteiger partial charge is 0.394 e. The van der Waals surface area contributed by atoms with Gasteiger partial charge in [0.15, 0.2) is 0 Å². The highest BCUT2D eigenvalue weighted by Gasteiger charge is 2.18. The molecule has 0 spiro atoms. The second-order valence-electron chi connectivity index (χ2n) is 4.34. The molecule has 2 unspecified atom stereocenters. The number of rotatable bonds is 10. The van der Waals surface area contributed by atoms with E-state index < -0.39 is 22.3 Å². The molecule has 6 heteroatoms. The molecule has 2 atom stereocenters. The van der Waals surface area contributed by atoms with E-state index in [-0.39, 0.29) is 13.0 Å². The van der Waals surface area contributed by atoms with E-state index in [1.165, 1.54) is 0 Å². The van der Waals surface area contributed by atoms with Gasteiger partial charge in [-0.1, -0.05) is 32.6 Å². The van der Waals surface area contributed by atoms with Crippen molar-refractivity contribution in [3.05, 3.63) is 0 Å². The lowest BCUT2D eigenvalue weighted by Crippen LogP contribution is -2.25. The van der Waals surface area contributed by atoms with Crippen molar-refractivity contribution in [3.8, 4) is 0 Å². The highest BCUT2D eigenvalue weighted by molar-refractivity contribution is 7.86. The third kappa shape index (κ3) is 10.7. The first-order chi connectivity index (χ1) is 7.89. The van der Waals surface area contributed by atoms with Gasteiger partial charge >= 0.3 is 0 Å². The molecule has 0 heterocycles. The monoisotopic (exact) mass is 268 g/mol. The van der Waals surface area contributed by atoms with Crippen LogP contribution in [0.1, 0.15) is 45.4 Å². The van der Waals surface area contributed by atoms with E-state index in [0.717, 1.165) is 31.9 Å². The Bertz CT molecular complexity index is 276. The molecule has 104 valence electrons. The highest BCUT2D eigenvalue weighted by atomic mass is 32.2. The minimum atomic E-state index is -3.51. The summed E-state index contributed by atoms with van der Waals surface area (Å²) in [6.45, 7) is 1.72. The van der Waals surface area contributed by atoms with Crippen LogP contribution >= 0.6 is 0 Å². The molecule has 0 saturated carbocycles. The Labute approximate surface area is 104 Å². The van der Waals surface area contributed by atoms with Crippen LogP contribution in [0.3, 0.4) is 0 Å². The Balaban J connectivity index is 4.11. The molecule has 0 aromatic carbocycles. The molecular weight excluding hydrogens is 244 g/mol. The van der Waals surface area contributed by atoms with Gasteiger partial charge in [-0.05, 0) is 6.42 Å². The topological polar surface area (TPSA) is 83.8 Å². The molecule has 0 aromatic rings. The molecule has 0 aromatic heterocycles. The minimum Gasteiger partial charge on any atom is -0.394 e. The molecule has 0 amide bonds. The van der Waals surface area contributed by atoms with Gasteiger partial charge in [-0.25, -0.2) is 0 Å². The zero-order chi connectivity index (χ0) is 13.3. The first kappa shape index (κ1) is 16.8. The van der Waals surface area contributed by atoms with Crippen molar-refractivity contribution in [1.29, 1.82) is 0 Å². The van der Waals surface area contributed by atoms with Gasteiger partial charge in [-0.15, -0.1) is 0 Å². The van der Waals surface area contributed by atoms with Gasteiger partial charge in [0.25, 0.3) is 10.1 Å². The summed E-state index contributed by atoms with van der Waals surface area (Å²) < 4.78 is 27.0. The minimum absolute atomic E-state index is 0.149. The Morgan fingerprint density at radius 2 is 1.88 bits per heavy atom. The van der Waals surface area contributed by atoms with Crippen molar-refractivity contribution < 1.29 is 22.8 Å². The molecular formula is C11H24O5S. The van der Waals surface area contributed by atoms with Crippen molar-refractivity contribution in [2.24, 2.45) is 0 Å².